The summed E-state index contributed by atoms with van der Waals surface area (Å²) >= 11 is 5.52. The highest BCUT2D eigenvalue weighted by Gasteiger charge is 2.10. The first kappa shape index (κ1) is 12.5. The highest BCUT2D eigenvalue weighted by Crippen LogP contribution is 2.33. The van der Waals surface area contributed by atoms with E-state index in [-0.39, 0.29) is 5.88 Å². The lowest BCUT2D eigenvalue weighted by molar-refractivity contribution is 0.374. The van der Waals surface area contributed by atoms with Crippen LogP contribution in [-0.4, -0.2) is 27.2 Å². The van der Waals surface area contributed by atoms with Crippen molar-refractivity contribution in [2.75, 3.05) is 27.2 Å². The van der Waals surface area contributed by atoms with Crippen molar-refractivity contribution in [3.05, 3.63) is 17.7 Å². The molecule has 0 aliphatic rings. The molecule has 1 rings (SSSR count). The minimum Gasteiger partial charge on any atom is -0.496 e. The predicted molar refractivity (Wildman–Crippen MR) is 63.7 cm³/mol. The number of halogens is 1. The van der Waals surface area contributed by atoms with Crippen molar-refractivity contribution >= 4 is 11.6 Å². The average molecular weight is 241 g/mol. The van der Waals surface area contributed by atoms with Crippen molar-refractivity contribution in [1.29, 1.82) is 0 Å². The zero-order valence-corrected chi connectivity index (χ0v) is 10.2. The first-order valence-corrected chi connectivity index (χ1v) is 5.15. The van der Waals surface area contributed by atoms with Crippen molar-refractivity contribution in [1.82, 2.24) is 0 Å². The first-order valence-electron chi connectivity index (χ1n) is 4.61. The van der Waals surface area contributed by atoms with Crippen LogP contribution < -0.4 is 14.2 Å². The van der Waals surface area contributed by atoms with Crippen LogP contribution in [0.2, 0.25) is 0 Å². The van der Waals surface area contributed by atoms with Gasteiger partial charge in [-0.05, 0) is 0 Å². The molecule has 0 amide bonds. The van der Waals surface area contributed by atoms with Gasteiger partial charge in [-0.25, -0.2) is 0 Å². The van der Waals surface area contributed by atoms with Gasteiger partial charge in [0.25, 0.3) is 0 Å². The van der Waals surface area contributed by atoms with Crippen LogP contribution in [0, 0.1) is 11.8 Å². The molecule has 4 heteroatoms. The molecule has 1 aromatic rings. The van der Waals surface area contributed by atoms with E-state index in [4.69, 9.17) is 25.8 Å². The van der Waals surface area contributed by atoms with Gasteiger partial charge in [-0.2, -0.15) is 0 Å². The maximum absolute atomic E-state index is 5.52. The highest BCUT2D eigenvalue weighted by atomic mass is 35.5. The fourth-order valence-corrected chi connectivity index (χ4v) is 1.32. The van der Waals surface area contributed by atoms with Crippen molar-refractivity contribution in [2.24, 2.45) is 0 Å². The van der Waals surface area contributed by atoms with E-state index in [9.17, 15) is 0 Å². The molecule has 16 heavy (non-hydrogen) atoms. The molecule has 0 fully saturated rings. The molecule has 0 aliphatic heterocycles. The molecule has 0 unspecified atom stereocenters. The maximum atomic E-state index is 5.52. The molecule has 0 saturated heterocycles. The van der Waals surface area contributed by atoms with Gasteiger partial charge >= 0.3 is 0 Å². The van der Waals surface area contributed by atoms with Crippen LogP contribution in [0.3, 0.4) is 0 Å². The largest absolute Gasteiger partial charge is 0.496 e. The van der Waals surface area contributed by atoms with E-state index in [2.05, 4.69) is 11.8 Å². The fraction of sp³-hybridized carbons (Fsp3) is 0.333. The number of methoxy groups -OCH3 is 3. The molecule has 1 aromatic carbocycles. The Labute approximate surface area is 100 Å². The van der Waals surface area contributed by atoms with Crippen molar-refractivity contribution in [3.8, 4) is 29.1 Å². The molecule has 0 N–H and O–H groups in total. The Morgan fingerprint density at radius 2 is 1.62 bits per heavy atom. The van der Waals surface area contributed by atoms with Crippen LogP contribution >= 0.6 is 11.6 Å². The SMILES string of the molecule is COc1cc(OC)c(C#CCCl)c(OC)c1. The molecule has 0 saturated carbocycles. The van der Waals surface area contributed by atoms with E-state index in [1.807, 2.05) is 0 Å². The number of hydrogen-bond donors (Lipinski definition) is 0. The van der Waals surface area contributed by atoms with Gasteiger partial charge in [-0.3, -0.25) is 0 Å². The summed E-state index contributed by atoms with van der Waals surface area (Å²) in [5, 5.41) is 0. The summed E-state index contributed by atoms with van der Waals surface area (Å²) in [7, 11) is 4.72. The summed E-state index contributed by atoms with van der Waals surface area (Å²) in [4.78, 5) is 0. The van der Waals surface area contributed by atoms with E-state index in [0.29, 0.717) is 22.8 Å². The summed E-state index contributed by atoms with van der Waals surface area (Å²) in [5.41, 5.74) is 0.673. The summed E-state index contributed by atoms with van der Waals surface area (Å²) < 4.78 is 15.6. The van der Waals surface area contributed by atoms with Crippen LogP contribution in [-0.2, 0) is 0 Å². The Balaban J connectivity index is 3.31. The lowest BCUT2D eigenvalue weighted by Gasteiger charge is -2.10. The number of ether oxygens (including phenoxy) is 3. The Bertz CT molecular complexity index is 393. The second kappa shape index (κ2) is 6.14. The molecule has 0 bridgehead atoms. The molecule has 0 radical (unpaired) electrons. The second-order valence-electron chi connectivity index (χ2n) is 2.84. The Morgan fingerprint density at radius 1 is 1.06 bits per heavy atom. The van der Waals surface area contributed by atoms with Crippen LogP contribution in [0.25, 0.3) is 0 Å². The third-order valence-corrected chi connectivity index (χ3v) is 2.13. The van der Waals surface area contributed by atoms with E-state index >= 15 is 0 Å². The Morgan fingerprint density at radius 3 is 2.00 bits per heavy atom. The van der Waals surface area contributed by atoms with Crippen molar-refractivity contribution in [3.63, 3.8) is 0 Å². The van der Waals surface area contributed by atoms with Gasteiger partial charge in [-0.15, -0.1) is 11.6 Å². The fourth-order valence-electron chi connectivity index (χ4n) is 1.25. The third-order valence-electron chi connectivity index (χ3n) is 2.00. The maximum Gasteiger partial charge on any atom is 0.141 e. The van der Waals surface area contributed by atoms with Crippen molar-refractivity contribution < 1.29 is 14.2 Å². The van der Waals surface area contributed by atoms with E-state index < -0.39 is 0 Å². The lowest BCUT2D eigenvalue weighted by atomic mass is 10.1. The molecule has 3 nitrogen and oxygen atoms in total. The average Bonchev–Trinajstić information content (AvgIpc) is 2.35. The Kier molecular flexibility index (Phi) is 4.81. The van der Waals surface area contributed by atoms with Crippen LogP contribution in [0.5, 0.6) is 17.2 Å². The molecular formula is C12H13ClO3. The highest BCUT2D eigenvalue weighted by molar-refractivity contribution is 6.19. The molecule has 0 spiro atoms. The van der Waals surface area contributed by atoms with Crippen LogP contribution in [0.1, 0.15) is 5.56 Å². The summed E-state index contributed by atoms with van der Waals surface area (Å²) in [6.07, 6.45) is 0. The monoisotopic (exact) mass is 240 g/mol. The van der Waals surface area contributed by atoms with Gasteiger partial charge in [-0.1, -0.05) is 11.8 Å². The van der Waals surface area contributed by atoms with Gasteiger partial charge < -0.3 is 14.2 Å². The minimum absolute atomic E-state index is 0.262. The number of rotatable bonds is 3. The summed E-state index contributed by atoms with van der Waals surface area (Å²) in [6.45, 7) is 0. The zero-order valence-electron chi connectivity index (χ0n) is 9.46. The number of benzene rings is 1. The molecule has 86 valence electrons. The summed E-state index contributed by atoms with van der Waals surface area (Å²) in [5.74, 6) is 7.79. The minimum atomic E-state index is 0.262. The van der Waals surface area contributed by atoms with E-state index in [0.717, 1.165) is 0 Å². The number of hydrogen-bond acceptors (Lipinski definition) is 3. The van der Waals surface area contributed by atoms with Gasteiger partial charge in [0, 0.05) is 12.1 Å². The molecule has 0 aromatic heterocycles. The van der Waals surface area contributed by atoms with E-state index in [1.165, 1.54) is 0 Å². The Hall–Kier alpha value is -1.53. The van der Waals surface area contributed by atoms with Crippen LogP contribution in [0.4, 0.5) is 0 Å². The van der Waals surface area contributed by atoms with Crippen molar-refractivity contribution in [2.45, 2.75) is 0 Å². The lowest BCUT2D eigenvalue weighted by Crippen LogP contribution is -1.95. The van der Waals surface area contributed by atoms with Crippen LogP contribution in [0.15, 0.2) is 12.1 Å². The predicted octanol–water partition coefficient (Wildman–Crippen LogP) is 2.30. The molecule has 0 atom stereocenters. The topological polar surface area (TPSA) is 27.7 Å². The third kappa shape index (κ3) is 2.74. The quantitative estimate of drug-likeness (QED) is 0.599. The van der Waals surface area contributed by atoms with Gasteiger partial charge in [0.2, 0.25) is 0 Å². The second-order valence-corrected chi connectivity index (χ2v) is 3.11. The normalized spacial score (nSPS) is 9.00. The van der Waals surface area contributed by atoms with Gasteiger partial charge in [0.1, 0.15) is 22.8 Å². The molecular weight excluding hydrogens is 228 g/mol. The van der Waals surface area contributed by atoms with Gasteiger partial charge in [0.05, 0.1) is 27.2 Å². The number of alkyl halides is 1. The first-order chi connectivity index (χ1) is 7.76. The molecule has 0 aliphatic carbocycles. The van der Waals surface area contributed by atoms with E-state index in [1.54, 1.807) is 33.5 Å². The summed E-state index contributed by atoms with van der Waals surface area (Å²) in [6, 6.07) is 3.50. The smallest absolute Gasteiger partial charge is 0.141 e. The molecule has 0 heterocycles. The standard InChI is InChI=1S/C12H13ClO3/c1-14-9-7-11(15-2)10(5-4-6-13)12(8-9)16-3/h7-8H,6H2,1-3H3. The zero-order chi connectivity index (χ0) is 12.0. The van der Waals surface area contributed by atoms with Gasteiger partial charge in [0.15, 0.2) is 0 Å².